The molecule has 1 aliphatic rings. The van der Waals surface area contributed by atoms with Crippen LogP contribution in [-0.2, 0) is 16.0 Å². The van der Waals surface area contributed by atoms with E-state index in [1.807, 2.05) is 24.3 Å². The van der Waals surface area contributed by atoms with Crippen LogP contribution in [-0.4, -0.2) is 35.7 Å². The first-order valence-corrected chi connectivity index (χ1v) is 10.7. The minimum absolute atomic E-state index is 0.0446. The highest BCUT2D eigenvalue weighted by molar-refractivity contribution is 7.15. The number of amides is 2. The van der Waals surface area contributed by atoms with Crippen LogP contribution in [0.25, 0.3) is 0 Å². The first kappa shape index (κ1) is 20.9. The number of aryl methyl sites for hydroxylation is 1. The fourth-order valence-corrected chi connectivity index (χ4v) is 4.28. The smallest absolute Gasteiger partial charge is 0.227 e. The van der Waals surface area contributed by atoms with Gasteiger partial charge < -0.3 is 15.0 Å². The molecule has 2 heterocycles. The second kappa shape index (κ2) is 9.22. The van der Waals surface area contributed by atoms with E-state index in [4.69, 9.17) is 4.74 Å². The van der Waals surface area contributed by atoms with Crippen LogP contribution in [0.3, 0.4) is 0 Å². The van der Waals surface area contributed by atoms with E-state index in [0.29, 0.717) is 41.6 Å². The zero-order valence-electron chi connectivity index (χ0n) is 16.9. The average molecular weight is 441 g/mol. The van der Waals surface area contributed by atoms with Crippen molar-refractivity contribution in [2.75, 3.05) is 23.9 Å². The van der Waals surface area contributed by atoms with Gasteiger partial charge in [0.1, 0.15) is 16.6 Å². The normalized spacial score (nSPS) is 15.9. The van der Waals surface area contributed by atoms with Gasteiger partial charge in [-0.25, -0.2) is 4.39 Å². The predicted molar refractivity (Wildman–Crippen MR) is 116 cm³/mol. The monoisotopic (exact) mass is 440 g/mol. The van der Waals surface area contributed by atoms with E-state index in [9.17, 15) is 14.0 Å². The summed E-state index contributed by atoms with van der Waals surface area (Å²) in [6.07, 6.45) is 1.23. The lowest BCUT2D eigenvalue weighted by Crippen LogP contribution is -2.24. The van der Waals surface area contributed by atoms with Gasteiger partial charge in [-0.15, -0.1) is 10.2 Å². The molecule has 0 bridgehead atoms. The minimum Gasteiger partial charge on any atom is -0.497 e. The van der Waals surface area contributed by atoms with Crippen molar-refractivity contribution in [3.8, 4) is 5.75 Å². The molecule has 0 saturated carbocycles. The first-order valence-electron chi connectivity index (χ1n) is 9.84. The van der Waals surface area contributed by atoms with E-state index in [1.165, 1.54) is 23.5 Å². The molecule has 0 radical (unpaired) electrons. The maximum absolute atomic E-state index is 13.1. The fraction of sp³-hybridized carbons (Fsp3) is 0.273. The number of methoxy groups -OCH3 is 1. The van der Waals surface area contributed by atoms with Crippen LogP contribution in [0, 0.1) is 5.82 Å². The van der Waals surface area contributed by atoms with Crippen LogP contribution < -0.4 is 15.0 Å². The van der Waals surface area contributed by atoms with E-state index < -0.39 is 0 Å². The molecule has 1 N–H and O–H groups in total. The first-order chi connectivity index (χ1) is 15.0. The number of rotatable bonds is 7. The maximum Gasteiger partial charge on any atom is 0.227 e. The van der Waals surface area contributed by atoms with Gasteiger partial charge in [-0.3, -0.25) is 9.59 Å². The molecular formula is C22H21FN4O3S. The molecule has 1 aliphatic heterocycles. The van der Waals surface area contributed by atoms with Crippen molar-refractivity contribution in [2.45, 2.75) is 25.2 Å². The number of aromatic nitrogens is 2. The zero-order chi connectivity index (χ0) is 21.8. The van der Waals surface area contributed by atoms with Crippen molar-refractivity contribution in [1.29, 1.82) is 0 Å². The van der Waals surface area contributed by atoms with Crippen LogP contribution in [0.1, 0.15) is 29.3 Å². The van der Waals surface area contributed by atoms with Gasteiger partial charge in [-0.1, -0.05) is 23.5 Å². The van der Waals surface area contributed by atoms with Gasteiger partial charge in [-0.05, 0) is 48.4 Å². The molecule has 1 aromatic heterocycles. The second-order valence-electron chi connectivity index (χ2n) is 7.22. The third-order valence-corrected chi connectivity index (χ3v) is 6.10. The second-order valence-corrected chi connectivity index (χ2v) is 8.23. The Morgan fingerprint density at radius 3 is 2.65 bits per heavy atom. The number of carbonyl (C=O) groups is 2. The van der Waals surface area contributed by atoms with Crippen LogP contribution in [0.2, 0.25) is 0 Å². The largest absolute Gasteiger partial charge is 0.497 e. The molecule has 2 amide bonds. The molecule has 0 spiro atoms. The lowest BCUT2D eigenvalue weighted by Gasteiger charge is -2.16. The summed E-state index contributed by atoms with van der Waals surface area (Å²) in [6, 6.07) is 13.4. The van der Waals surface area contributed by atoms with Gasteiger partial charge in [0.15, 0.2) is 0 Å². The Morgan fingerprint density at radius 2 is 1.94 bits per heavy atom. The summed E-state index contributed by atoms with van der Waals surface area (Å²) in [5.74, 6) is 0.132. The van der Waals surface area contributed by atoms with Gasteiger partial charge in [0.05, 0.1) is 7.11 Å². The number of benzene rings is 2. The number of nitrogens with one attached hydrogen (secondary N) is 1. The molecular weight excluding hydrogens is 419 g/mol. The fourth-order valence-electron chi connectivity index (χ4n) is 3.43. The topological polar surface area (TPSA) is 84.4 Å². The average Bonchev–Trinajstić information content (AvgIpc) is 3.40. The van der Waals surface area contributed by atoms with E-state index >= 15 is 0 Å². The van der Waals surface area contributed by atoms with E-state index in [0.717, 1.165) is 11.3 Å². The Labute approximate surface area is 182 Å². The summed E-state index contributed by atoms with van der Waals surface area (Å²) >= 11 is 1.28. The molecule has 3 aromatic rings. The van der Waals surface area contributed by atoms with Gasteiger partial charge in [-0.2, -0.15) is 0 Å². The molecule has 160 valence electrons. The van der Waals surface area contributed by atoms with Gasteiger partial charge in [0.25, 0.3) is 0 Å². The quantitative estimate of drug-likeness (QED) is 0.605. The number of carbonyl (C=O) groups excluding carboxylic acids is 2. The Kier molecular flexibility index (Phi) is 6.22. The molecule has 1 saturated heterocycles. The number of hydrogen-bond acceptors (Lipinski definition) is 6. The number of halogens is 1. The highest BCUT2D eigenvalue weighted by Gasteiger charge is 2.34. The van der Waals surface area contributed by atoms with Crippen LogP contribution in [0.5, 0.6) is 5.75 Å². The lowest BCUT2D eigenvalue weighted by molar-refractivity contribution is -0.117. The highest BCUT2D eigenvalue weighted by atomic mass is 32.1. The predicted octanol–water partition coefficient (Wildman–Crippen LogP) is 3.78. The molecule has 7 nitrogen and oxygen atoms in total. The van der Waals surface area contributed by atoms with Crippen molar-refractivity contribution < 1.29 is 18.7 Å². The molecule has 1 atom stereocenters. The highest BCUT2D eigenvalue weighted by Crippen LogP contribution is 2.34. The summed E-state index contributed by atoms with van der Waals surface area (Å²) < 4.78 is 18.3. The standard InChI is InChI=1S/C22H21FN4O3S/c1-30-18-9-2-14(3-10-18)4-11-19(28)24-22-26-25-21(31-22)15-12-20(29)27(13-15)17-7-5-16(23)6-8-17/h2-3,5-10,15H,4,11-13H2,1H3,(H,24,26,28). The Morgan fingerprint density at radius 1 is 1.19 bits per heavy atom. The van der Waals surface area contributed by atoms with Crippen molar-refractivity contribution in [2.24, 2.45) is 0 Å². The molecule has 9 heteroatoms. The molecule has 0 aliphatic carbocycles. The number of nitrogens with zero attached hydrogens (tertiary/aromatic N) is 3. The van der Waals surface area contributed by atoms with E-state index in [2.05, 4.69) is 15.5 Å². The summed E-state index contributed by atoms with van der Waals surface area (Å²) in [7, 11) is 1.61. The third-order valence-electron chi connectivity index (χ3n) is 5.10. The Bertz CT molecular complexity index is 1070. The van der Waals surface area contributed by atoms with Crippen molar-refractivity contribution in [1.82, 2.24) is 10.2 Å². The van der Waals surface area contributed by atoms with E-state index in [-0.39, 0.29) is 23.5 Å². The van der Waals surface area contributed by atoms with E-state index in [1.54, 1.807) is 24.1 Å². The lowest BCUT2D eigenvalue weighted by atomic mass is 10.1. The SMILES string of the molecule is COc1ccc(CCC(=O)Nc2nnc(C3CC(=O)N(c4ccc(F)cc4)C3)s2)cc1. The number of ether oxygens (including phenoxy) is 1. The zero-order valence-corrected chi connectivity index (χ0v) is 17.7. The van der Waals surface area contributed by atoms with Gasteiger partial charge in [0, 0.05) is 31.0 Å². The summed E-state index contributed by atoms with van der Waals surface area (Å²) in [5, 5.41) is 12.1. The Hall–Kier alpha value is -3.33. The van der Waals surface area contributed by atoms with Crippen LogP contribution in [0.4, 0.5) is 15.2 Å². The number of hydrogen-bond donors (Lipinski definition) is 1. The van der Waals surface area contributed by atoms with Gasteiger partial charge in [0.2, 0.25) is 16.9 Å². The van der Waals surface area contributed by atoms with Crippen LogP contribution in [0.15, 0.2) is 48.5 Å². The summed E-state index contributed by atoms with van der Waals surface area (Å²) in [6.45, 7) is 0.449. The summed E-state index contributed by atoms with van der Waals surface area (Å²) in [4.78, 5) is 26.3. The van der Waals surface area contributed by atoms with Crippen molar-refractivity contribution >= 4 is 34.0 Å². The molecule has 2 aromatic carbocycles. The third kappa shape index (κ3) is 5.05. The maximum atomic E-state index is 13.1. The number of anilines is 2. The summed E-state index contributed by atoms with van der Waals surface area (Å²) in [5.41, 5.74) is 1.70. The molecule has 4 rings (SSSR count). The minimum atomic E-state index is -0.344. The van der Waals surface area contributed by atoms with Crippen LogP contribution >= 0.6 is 11.3 Å². The van der Waals surface area contributed by atoms with Crippen molar-refractivity contribution in [3.63, 3.8) is 0 Å². The molecule has 31 heavy (non-hydrogen) atoms. The van der Waals surface area contributed by atoms with Gasteiger partial charge >= 0.3 is 0 Å². The molecule has 1 unspecified atom stereocenters. The molecule has 1 fully saturated rings. The van der Waals surface area contributed by atoms with Crippen molar-refractivity contribution in [3.05, 3.63) is 64.9 Å². The Balaban J connectivity index is 1.32.